The smallest absolute Gasteiger partial charge is 0.224 e. The second-order valence-corrected chi connectivity index (χ2v) is 7.89. The molecule has 3 aliphatic rings. The lowest BCUT2D eigenvalue weighted by Gasteiger charge is -2.35. The van der Waals surface area contributed by atoms with Crippen LogP contribution in [0.5, 0.6) is 0 Å². The number of hydrogen-bond donors (Lipinski definition) is 1. The van der Waals surface area contributed by atoms with E-state index in [9.17, 15) is 9.59 Å². The minimum Gasteiger partial charge on any atom is -0.353 e. The van der Waals surface area contributed by atoms with Gasteiger partial charge in [-0.15, -0.1) is 0 Å². The van der Waals surface area contributed by atoms with Crippen LogP contribution in [0.15, 0.2) is 0 Å². The third-order valence-electron chi connectivity index (χ3n) is 6.18. The van der Waals surface area contributed by atoms with E-state index in [1.54, 1.807) is 0 Å². The van der Waals surface area contributed by atoms with Crippen molar-refractivity contribution in [3.8, 4) is 0 Å². The molecule has 0 radical (unpaired) electrons. The van der Waals surface area contributed by atoms with E-state index in [-0.39, 0.29) is 11.9 Å². The van der Waals surface area contributed by atoms with Gasteiger partial charge in [0.1, 0.15) is 0 Å². The summed E-state index contributed by atoms with van der Waals surface area (Å²) >= 11 is 0. The van der Waals surface area contributed by atoms with Crippen LogP contribution in [0.4, 0.5) is 0 Å². The number of rotatable bonds is 7. The zero-order chi connectivity index (χ0) is 17.8. The monoisotopic (exact) mass is 350 g/mol. The summed E-state index contributed by atoms with van der Waals surface area (Å²) in [4.78, 5) is 31.3. The maximum Gasteiger partial charge on any atom is 0.224 e. The number of fused-ring (bicyclic) bond motifs is 2. The van der Waals surface area contributed by atoms with Gasteiger partial charge in [-0.1, -0.05) is 13.8 Å². The summed E-state index contributed by atoms with van der Waals surface area (Å²) in [6, 6.07) is 0.634. The van der Waals surface area contributed by atoms with Gasteiger partial charge in [-0.3, -0.25) is 9.59 Å². The Bertz CT molecular complexity index is 476. The lowest BCUT2D eigenvalue weighted by Crippen LogP contribution is -2.49. The first-order valence-corrected chi connectivity index (χ1v) is 10.1. The molecule has 6 heteroatoms. The van der Waals surface area contributed by atoms with E-state index >= 15 is 0 Å². The second kappa shape index (κ2) is 8.49. The molecule has 3 rings (SSSR count). The summed E-state index contributed by atoms with van der Waals surface area (Å²) in [5.41, 5.74) is 0. The second-order valence-electron chi connectivity index (χ2n) is 7.89. The van der Waals surface area contributed by atoms with Crippen molar-refractivity contribution in [1.29, 1.82) is 0 Å². The van der Waals surface area contributed by atoms with Gasteiger partial charge in [-0.05, 0) is 31.7 Å². The van der Waals surface area contributed by atoms with Gasteiger partial charge < -0.3 is 20.0 Å². The maximum atomic E-state index is 12.6. The summed E-state index contributed by atoms with van der Waals surface area (Å²) in [6.45, 7) is 11.5. The normalized spacial score (nSPS) is 30.0. The van der Waals surface area contributed by atoms with Gasteiger partial charge in [0.05, 0.1) is 0 Å². The van der Waals surface area contributed by atoms with E-state index < -0.39 is 0 Å². The SMILES string of the molecule is CCCN1CCN(CCC(=O)N2CC3CC2CC3NC(=O)CC)CC1. The molecule has 2 heterocycles. The Labute approximate surface area is 151 Å². The van der Waals surface area contributed by atoms with Gasteiger partial charge >= 0.3 is 0 Å². The Kier molecular flexibility index (Phi) is 6.34. The molecule has 1 saturated carbocycles. The Morgan fingerprint density at radius 1 is 1.00 bits per heavy atom. The molecular formula is C19H34N4O2. The first-order valence-electron chi connectivity index (χ1n) is 10.1. The fourth-order valence-electron chi connectivity index (χ4n) is 4.69. The van der Waals surface area contributed by atoms with Crippen LogP contribution in [0.1, 0.15) is 46.0 Å². The number of piperazine rings is 1. The lowest BCUT2D eigenvalue weighted by molar-refractivity contribution is -0.133. The van der Waals surface area contributed by atoms with Gasteiger partial charge in [0, 0.05) is 64.2 Å². The van der Waals surface area contributed by atoms with Crippen LogP contribution in [0.3, 0.4) is 0 Å². The number of nitrogens with zero attached hydrogens (tertiary/aromatic N) is 3. The zero-order valence-electron chi connectivity index (χ0n) is 15.9. The van der Waals surface area contributed by atoms with Crippen molar-refractivity contribution in [2.75, 3.05) is 45.8 Å². The summed E-state index contributed by atoms with van der Waals surface area (Å²) in [5, 5.41) is 3.13. The van der Waals surface area contributed by atoms with Crippen LogP contribution in [-0.2, 0) is 9.59 Å². The molecule has 25 heavy (non-hydrogen) atoms. The van der Waals surface area contributed by atoms with E-state index in [2.05, 4.69) is 26.9 Å². The quantitative estimate of drug-likeness (QED) is 0.742. The molecular weight excluding hydrogens is 316 g/mol. The average molecular weight is 351 g/mol. The van der Waals surface area contributed by atoms with Crippen molar-refractivity contribution in [1.82, 2.24) is 20.0 Å². The minimum atomic E-state index is 0.137. The average Bonchev–Trinajstić information content (AvgIpc) is 3.21. The largest absolute Gasteiger partial charge is 0.353 e. The number of carbonyl (C=O) groups excluding carboxylic acids is 2. The highest BCUT2D eigenvalue weighted by Crippen LogP contribution is 2.38. The molecule has 3 unspecified atom stereocenters. The Morgan fingerprint density at radius 2 is 1.68 bits per heavy atom. The van der Waals surface area contributed by atoms with Crippen LogP contribution >= 0.6 is 0 Å². The molecule has 2 bridgehead atoms. The predicted molar refractivity (Wildman–Crippen MR) is 98.2 cm³/mol. The molecule has 0 spiro atoms. The van der Waals surface area contributed by atoms with Gasteiger partial charge in [0.15, 0.2) is 0 Å². The van der Waals surface area contributed by atoms with E-state index in [4.69, 9.17) is 0 Å². The number of carbonyl (C=O) groups is 2. The highest BCUT2D eigenvalue weighted by atomic mass is 16.2. The molecule has 2 saturated heterocycles. The molecule has 0 aromatic heterocycles. The fourth-order valence-corrected chi connectivity index (χ4v) is 4.69. The summed E-state index contributed by atoms with van der Waals surface area (Å²) in [7, 11) is 0. The molecule has 1 aliphatic carbocycles. The van der Waals surface area contributed by atoms with Gasteiger partial charge in [-0.2, -0.15) is 0 Å². The molecule has 2 amide bonds. The fraction of sp³-hybridized carbons (Fsp3) is 0.895. The topological polar surface area (TPSA) is 55.9 Å². The number of amides is 2. The highest BCUT2D eigenvalue weighted by Gasteiger charge is 2.46. The Hall–Kier alpha value is -1.14. The number of piperidine rings is 1. The van der Waals surface area contributed by atoms with Crippen molar-refractivity contribution in [3.05, 3.63) is 0 Å². The van der Waals surface area contributed by atoms with Gasteiger partial charge in [0.2, 0.25) is 11.8 Å². The van der Waals surface area contributed by atoms with E-state index in [0.29, 0.717) is 30.7 Å². The molecule has 3 fully saturated rings. The van der Waals surface area contributed by atoms with Crippen molar-refractivity contribution in [2.24, 2.45) is 5.92 Å². The molecule has 3 atom stereocenters. The maximum absolute atomic E-state index is 12.6. The third-order valence-corrected chi connectivity index (χ3v) is 6.18. The molecule has 2 aliphatic heterocycles. The van der Waals surface area contributed by atoms with E-state index in [1.165, 1.54) is 13.0 Å². The van der Waals surface area contributed by atoms with Crippen LogP contribution in [0.25, 0.3) is 0 Å². The number of hydrogen-bond acceptors (Lipinski definition) is 4. The summed E-state index contributed by atoms with van der Waals surface area (Å²) < 4.78 is 0. The molecule has 6 nitrogen and oxygen atoms in total. The van der Waals surface area contributed by atoms with Crippen molar-refractivity contribution < 1.29 is 9.59 Å². The first-order chi connectivity index (χ1) is 12.1. The van der Waals surface area contributed by atoms with E-state index in [0.717, 1.165) is 52.1 Å². The summed E-state index contributed by atoms with van der Waals surface area (Å²) in [5.74, 6) is 0.906. The molecule has 0 aromatic carbocycles. The first kappa shape index (κ1) is 18.6. The van der Waals surface area contributed by atoms with Gasteiger partial charge in [-0.25, -0.2) is 0 Å². The number of nitrogens with one attached hydrogen (secondary N) is 1. The third kappa shape index (κ3) is 4.53. The van der Waals surface area contributed by atoms with Crippen LogP contribution < -0.4 is 5.32 Å². The highest BCUT2D eigenvalue weighted by molar-refractivity contribution is 5.78. The van der Waals surface area contributed by atoms with Crippen molar-refractivity contribution >= 4 is 11.8 Å². The van der Waals surface area contributed by atoms with Crippen LogP contribution in [0, 0.1) is 5.92 Å². The van der Waals surface area contributed by atoms with E-state index in [1.807, 2.05) is 6.92 Å². The summed E-state index contributed by atoms with van der Waals surface area (Å²) in [6.07, 6.45) is 4.41. The minimum absolute atomic E-state index is 0.137. The van der Waals surface area contributed by atoms with Crippen molar-refractivity contribution in [3.63, 3.8) is 0 Å². The Balaban J connectivity index is 1.37. The Morgan fingerprint density at radius 3 is 2.24 bits per heavy atom. The standard InChI is InChI=1S/C19H34N4O2/c1-3-6-21-8-10-22(11-9-21)7-5-19(25)23-14-15-12-16(23)13-17(15)20-18(24)4-2/h15-17H,3-14H2,1-2H3,(H,20,24). The van der Waals surface area contributed by atoms with Crippen LogP contribution in [0.2, 0.25) is 0 Å². The zero-order valence-corrected chi connectivity index (χ0v) is 15.9. The van der Waals surface area contributed by atoms with Gasteiger partial charge in [0.25, 0.3) is 0 Å². The predicted octanol–water partition coefficient (Wildman–Crippen LogP) is 0.920. The molecule has 142 valence electrons. The van der Waals surface area contributed by atoms with Crippen LogP contribution in [-0.4, -0.2) is 84.4 Å². The van der Waals surface area contributed by atoms with Crippen molar-refractivity contribution in [2.45, 2.75) is 58.0 Å². The lowest BCUT2D eigenvalue weighted by atomic mass is 10.0. The number of likely N-dealkylation sites (tertiary alicyclic amines) is 1. The molecule has 0 aromatic rings. The molecule has 1 N–H and O–H groups in total.